The number of carbonyl (C=O) groups excluding carboxylic acids is 1. The van der Waals surface area contributed by atoms with Crippen LogP contribution >= 0.6 is 0 Å². The number of ketones is 1. The fraction of sp³-hybridized carbons (Fsp3) is 0.682. The minimum Gasteiger partial charge on any atom is -0.399 e. The van der Waals surface area contributed by atoms with Gasteiger partial charge in [0.25, 0.3) is 0 Å². The van der Waals surface area contributed by atoms with Crippen molar-refractivity contribution in [2.45, 2.75) is 85.0 Å². The normalized spacial score (nSPS) is 18.3. The number of carbonyl (C=O) groups is 1. The van der Waals surface area contributed by atoms with Gasteiger partial charge in [-0.05, 0) is 51.6 Å². The van der Waals surface area contributed by atoms with Gasteiger partial charge in [0.1, 0.15) is 6.61 Å². The zero-order chi connectivity index (χ0) is 20.1. The summed E-state index contributed by atoms with van der Waals surface area (Å²) < 4.78 is 17.8. The maximum atomic E-state index is 12.3. The van der Waals surface area contributed by atoms with Gasteiger partial charge in [0.05, 0.1) is 17.8 Å². The molecule has 5 heteroatoms. The fourth-order valence-corrected chi connectivity index (χ4v) is 3.30. The van der Waals surface area contributed by atoms with Crippen LogP contribution in [-0.2, 0) is 25.4 Å². The lowest BCUT2D eigenvalue weighted by Gasteiger charge is -2.32. The van der Waals surface area contributed by atoms with Gasteiger partial charge in [-0.25, -0.2) is 0 Å². The summed E-state index contributed by atoms with van der Waals surface area (Å²) in [5.41, 5.74) is 1.37. The first kappa shape index (κ1) is 22.1. The van der Waals surface area contributed by atoms with Crippen molar-refractivity contribution in [1.82, 2.24) is 0 Å². The third-order valence-corrected chi connectivity index (χ3v) is 5.75. The second-order valence-corrected chi connectivity index (χ2v) is 8.56. The molecule has 0 aliphatic carbocycles. The van der Waals surface area contributed by atoms with Crippen LogP contribution in [0.1, 0.15) is 72.8 Å². The van der Waals surface area contributed by atoms with Crippen molar-refractivity contribution >= 4 is 18.4 Å². The minimum absolute atomic E-state index is 0.144. The number of ether oxygens (including phenoxy) is 1. The molecule has 0 N–H and O–H groups in total. The third-order valence-electron chi connectivity index (χ3n) is 5.75. The average molecular weight is 374 g/mol. The van der Waals surface area contributed by atoms with E-state index in [9.17, 15) is 4.79 Å². The highest BCUT2D eigenvalue weighted by Crippen LogP contribution is 2.36. The van der Waals surface area contributed by atoms with Crippen molar-refractivity contribution in [1.29, 1.82) is 0 Å². The molecule has 1 fully saturated rings. The molecule has 27 heavy (non-hydrogen) atoms. The summed E-state index contributed by atoms with van der Waals surface area (Å²) in [7, 11) is -0.351. The van der Waals surface area contributed by atoms with Gasteiger partial charge < -0.3 is 14.0 Å². The molecule has 1 aliphatic heterocycles. The molecule has 0 saturated carbocycles. The van der Waals surface area contributed by atoms with Crippen LogP contribution in [0.15, 0.2) is 24.3 Å². The molecule has 1 heterocycles. The lowest BCUT2D eigenvalue weighted by Crippen LogP contribution is -2.41. The largest absolute Gasteiger partial charge is 0.494 e. The molecule has 1 saturated heterocycles. The highest BCUT2D eigenvalue weighted by Gasteiger charge is 2.51. The van der Waals surface area contributed by atoms with Gasteiger partial charge in [-0.15, -0.1) is 0 Å². The Hall–Kier alpha value is -1.17. The molecule has 0 bridgehead atoms. The predicted octanol–water partition coefficient (Wildman–Crippen LogP) is 4.29. The summed E-state index contributed by atoms with van der Waals surface area (Å²) in [5, 5.41) is 0. The molecule has 0 spiro atoms. The van der Waals surface area contributed by atoms with E-state index in [2.05, 4.69) is 41.5 Å². The lowest BCUT2D eigenvalue weighted by molar-refractivity contribution is -0.128. The summed E-state index contributed by atoms with van der Waals surface area (Å²) in [6.07, 6.45) is 3.99. The predicted molar refractivity (Wildman–Crippen MR) is 110 cm³/mol. The SMILES string of the molecule is CCCC(CCC)C(=O)COCc1ccc(B2OC(C)(C)C(C)(C)O2)cc1. The molecule has 0 unspecified atom stereocenters. The molecule has 4 nitrogen and oxygen atoms in total. The van der Waals surface area contributed by atoms with E-state index in [-0.39, 0.29) is 36.6 Å². The van der Waals surface area contributed by atoms with E-state index in [4.69, 9.17) is 14.0 Å². The molecule has 0 atom stereocenters. The van der Waals surface area contributed by atoms with E-state index >= 15 is 0 Å². The number of rotatable bonds is 10. The van der Waals surface area contributed by atoms with Crippen molar-refractivity contribution in [3.05, 3.63) is 29.8 Å². The Bertz CT molecular complexity index is 587. The zero-order valence-corrected chi connectivity index (χ0v) is 17.8. The Labute approximate surface area is 165 Å². The molecule has 1 aromatic rings. The molecule has 0 amide bonds. The smallest absolute Gasteiger partial charge is 0.399 e. The lowest BCUT2D eigenvalue weighted by atomic mass is 9.79. The van der Waals surface area contributed by atoms with E-state index in [0.717, 1.165) is 36.7 Å². The van der Waals surface area contributed by atoms with Crippen LogP contribution in [0.25, 0.3) is 0 Å². The summed E-state index contributed by atoms with van der Waals surface area (Å²) in [5.74, 6) is 0.373. The van der Waals surface area contributed by atoms with Gasteiger partial charge >= 0.3 is 7.12 Å². The van der Waals surface area contributed by atoms with Gasteiger partial charge in [-0.2, -0.15) is 0 Å². The molecule has 1 aliphatic rings. The Morgan fingerprint density at radius 3 is 2.00 bits per heavy atom. The van der Waals surface area contributed by atoms with Crippen LogP contribution in [0, 0.1) is 5.92 Å². The first-order chi connectivity index (χ1) is 12.7. The van der Waals surface area contributed by atoms with Crippen LogP contribution in [0.2, 0.25) is 0 Å². The molecule has 1 aromatic carbocycles. The van der Waals surface area contributed by atoms with Gasteiger partial charge in [0.2, 0.25) is 0 Å². The van der Waals surface area contributed by atoms with E-state index in [1.165, 1.54) is 0 Å². The molecular weight excluding hydrogens is 339 g/mol. The van der Waals surface area contributed by atoms with Crippen LogP contribution in [0.4, 0.5) is 0 Å². The van der Waals surface area contributed by atoms with Crippen molar-refractivity contribution in [2.75, 3.05) is 6.61 Å². The number of benzene rings is 1. The highest BCUT2D eigenvalue weighted by atomic mass is 16.7. The Morgan fingerprint density at radius 1 is 1.00 bits per heavy atom. The van der Waals surface area contributed by atoms with Crippen LogP contribution in [-0.4, -0.2) is 30.7 Å². The Kier molecular flexibility index (Phi) is 7.67. The Morgan fingerprint density at radius 2 is 1.52 bits per heavy atom. The van der Waals surface area contributed by atoms with E-state index < -0.39 is 0 Å². The minimum atomic E-state index is -0.351. The first-order valence-electron chi connectivity index (χ1n) is 10.2. The van der Waals surface area contributed by atoms with Crippen LogP contribution < -0.4 is 5.46 Å². The number of hydrogen-bond acceptors (Lipinski definition) is 4. The first-order valence-corrected chi connectivity index (χ1v) is 10.2. The molecule has 150 valence electrons. The number of Topliss-reactive ketones (excluding diaryl/α,β-unsaturated/α-hetero) is 1. The quantitative estimate of drug-likeness (QED) is 0.573. The topological polar surface area (TPSA) is 44.8 Å². The molecule has 0 radical (unpaired) electrons. The monoisotopic (exact) mass is 374 g/mol. The molecular formula is C22H35BO4. The second kappa shape index (κ2) is 9.36. The van der Waals surface area contributed by atoms with Gasteiger partial charge in [-0.3, -0.25) is 4.79 Å². The van der Waals surface area contributed by atoms with Gasteiger partial charge in [0.15, 0.2) is 5.78 Å². The maximum absolute atomic E-state index is 12.3. The van der Waals surface area contributed by atoms with Gasteiger partial charge in [-0.1, -0.05) is 51.0 Å². The summed E-state index contributed by atoms with van der Waals surface area (Å²) >= 11 is 0. The van der Waals surface area contributed by atoms with Crippen molar-refractivity contribution in [3.63, 3.8) is 0 Å². The van der Waals surface area contributed by atoms with Gasteiger partial charge in [0, 0.05) is 5.92 Å². The summed E-state index contributed by atoms with van der Waals surface area (Å²) in [6.45, 7) is 13.1. The summed E-state index contributed by atoms with van der Waals surface area (Å²) in [4.78, 5) is 12.3. The Balaban J connectivity index is 1.85. The van der Waals surface area contributed by atoms with Crippen molar-refractivity contribution in [2.24, 2.45) is 5.92 Å². The van der Waals surface area contributed by atoms with Crippen LogP contribution in [0.5, 0.6) is 0 Å². The molecule has 0 aromatic heterocycles. The third kappa shape index (κ3) is 5.66. The maximum Gasteiger partial charge on any atom is 0.494 e. The van der Waals surface area contributed by atoms with Crippen molar-refractivity contribution in [3.8, 4) is 0 Å². The standard InChI is InChI=1S/C22H35BO4/c1-7-9-18(10-8-2)20(24)16-25-15-17-11-13-19(14-12-17)23-26-21(3,4)22(5,6)27-23/h11-14,18H,7-10,15-16H2,1-6H3. The van der Waals surface area contributed by atoms with E-state index in [0.29, 0.717) is 6.61 Å². The summed E-state index contributed by atoms with van der Waals surface area (Å²) in [6, 6.07) is 8.06. The molecule has 2 rings (SSSR count). The fourth-order valence-electron chi connectivity index (χ4n) is 3.30. The van der Waals surface area contributed by atoms with E-state index in [1.54, 1.807) is 0 Å². The zero-order valence-electron chi connectivity index (χ0n) is 17.8. The highest BCUT2D eigenvalue weighted by molar-refractivity contribution is 6.62. The van der Waals surface area contributed by atoms with Crippen LogP contribution in [0.3, 0.4) is 0 Å². The van der Waals surface area contributed by atoms with E-state index in [1.807, 2.05) is 24.3 Å². The average Bonchev–Trinajstić information content (AvgIpc) is 2.83. The number of hydrogen-bond donors (Lipinski definition) is 0. The van der Waals surface area contributed by atoms with Crippen molar-refractivity contribution < 1.29 is 18.8 Å². The second-order valence-electron chi connectivity index (χ2n) is 8.56.